The van der Waals surface area contributed by atoms with E-state index in [2.05, 4.69) is 4.90 Å². The SMILES string of the molecule is O=S(=O)(C1CC1)N1CCO[C@H]2[C@H](OCCN3CCCC3)CC[C@@H]21. The molecule has 6 nitrogen and oxygen atoms in total. The zero-order valence-corrected chi connectivity index (χ0v) is 14.5. The van der Waals surface area contributed by atoms with Crippen LogP contribution in [0.25, 0.3) is 0 Å². The normalized spacial score (nSPS) is 36.4. The summed E-state index contributed by atoms with van der Waals surface area (Å²) in [5.74, 6) is 0. The molecule has 2 aliphatic carbocycles. The molecule has 7 heteroatoms. The number of ether oxygens (including phenoxy) is 2. The fraction of sp³-hybridized carbons (Fsp3) is 1.00. The van der Waals surface area contributed by atoms with Crippen molar-refractivity contribution in [2.75, 3.05) is 39.4 Å². The molecular weight excluding hydrogens is 316 g/mol. The highest BCUT2D eigenvalue weighted by Crippen LogP contribution is 2.38. The summed E-state index contributed by atoms with van der Waals surface area (Å²) in [4.78, 5) is 2.44. The van der Waals surface area contributed by atoms with Crippen LogP contribution in [0.4, 0.5) is 0 Å². The minimum atomic E-state index is -3.11. The van der Waals surface area contributed by atoms with E-state index in [0.29, 0.717) is 13.2 Å². The number of hydrogen-bond acceptors (Lipinski definition) is 5. The summed E-state index contributed by atoms with van der Waals surface area (Å²) in [6, 6.07) is -0.00821. The van der Waals surface area contributed by atoms with Gasteiger partial charge in [0.05, 0.1) is 30.6 Å². The Labute approximate surface area is 139 Å². The molecule has 23 heavy (non-hydrogen) atoms. The van der Waals surface area contributed by atoms with Gasteiger partial charge in [0.2, 0.25) is 10.0 Å². The molecule has 132 valence electrons. The van der Waals surface area contributed by atoms with E-state index in [1.54, 1.807) is 4.31 Å². The van der Waals surface area contributed by atoms with Crippen LogP contribution in [0.2, 0.25) is 0 Å². The summed E-state index contributed by atoms with van der Waals surface area (Å²) < 4.78 is 39.0. The van der Waals surface area contributed by atoms with Gasteiger partial charge in [-0.25, -0.2) is 8.42 Å². The second kappa shape index (κ2) is 6.59. The third-order valence-electron chi connectivity index (χ3n) is 5.70. The summed E-state index contributed by atoms with van der Waals surface area (Å²) >= 11 is 0. The lowest BCUT2D eigenvalue weighted by molar-refractivity contribution is -0.0976. The highest BCUT2D eigenvalue weighted by atomic mass is 32.2. The largest absolute Gasteiger partial charge is 0.374 e. The van der Waals surface area contributed by atoms with Gasteiger partial charge in [0.1, 0.15) is 6.10 Å². The summed E-state index contributed by atoms with van der Waals surface area (Å²) in [6.45, 7) is 5.10. The van der Waals surface area contributed by atoms with Crippen LogP contribution in [0.15, 0.2) is 0 Å². The van der Waals surface area contributed by atoms with Crippen LogP contribution in [0.1, 0.15) is 38.5 Å². The maximum Gasteiger partial charge on any atom is 0.217 e. The number of morpholine rings is 1. The van der Waals surface area contributed by atoms with Crippen LogP contribution in [0, 0.1) is 0 Å². The Bertz CT molecular complexity index is 516. The number of hydrogen-bond donors (Lipinski definition) is 0. The predicted molar refractivity (Wildman–Crippen MR) is 86.8 cm³/mol. The molecule has 3 atom stereocenters. The standard InChI is InChI=1S/C16H28N2O4S/c19-23(20,13-3-4-13)18-10-12-22-16-14(18)5-6-15(16)21-11-9-17-7-1-2-8-17/h13-16H,1-12H2/t14-,15+,16+/m0/s1. The molecule has 2 aliphatic heterocycles. The van der Waals surface area contributed by atoms with E-state index < -0.39 is 10.0 Å². The third kappa shape index (κ3) is 3.31. The molecule has 0 radical (unpaired) electrons. The topological polar surface area (TPSA) is 59.1 Å². The average molecular weight is 344 g/mol. The number of sulfonamides is 1. The third-order valence-corrected chi connectivity index (χ3v) is 8.12. The average Bonchev–Trinajstić information content (AvgIpc) is 3.15. The molecular formula is C16H28N2O4S. The number of rotatable bonds is 6. The molecule has 0 unspecified atom stereocenters. The quantitative estimate of drug-likeness (QED) is 0.714. The van der Waals surface area contributed by atoms with Crippen molar-refractivity contribution >= 4 is 10.0 Å². The molecule has 4 rings (SSSR count). The van der Waals surface area contributed by atoms with Crippen LogP contribution in [0.3, 0.4) is 0 Å². The van der Waals surface area contributed by atoms with Gasteiger partial charge in [-0.3, -0.25) is 0 Å². The fourth-order valence-corrected chi connectivity index (χ4v) is 6.32. The van der Waals surface area contributed by atoms with E-state index in [4.69, 9.17) is 9.47 Å². The van der Waals surface area contributed by atoms with Gasteiger partial charge in [0.25, 0.3) is 0 Å². The van der Waals surface area contributed by atoms with Crippen molar-refractivity contribution in [1.29, 1.82) is 0 Å². The monoisotopic (exact) mass is 344 g/mol. The van der Waals surface area contributed by atoms with Crippen molar-refractivity contribution in [2.45, 2.75) is 62.0 Å². The Kier molecular flexibility index (Phi) is 4.66. The maximum absolute atomic E-state index is 12.6. The van der Waals surface area contributed by atoms with Gasteiger partial charge in [-0.05, 0) is 51.6 Å². The molecule has 0 amide bonds. The minimum Gasteiger partial charge on any atom is -0.374 e. The summed E-state index contributed by atoms with van der Waals surface area (Å²) in [5, 5.41) is -0.128. The molecule has 2 saturated heterocycles. The first kappa shape index (κ1) is 16.3. The predicted octanol–water partition coefficient (Wildman–Crippen LogP) is 0.823. The lowest BCUT2D eigenvalue weighted by Crippen LogP contribution is -2.54. The van der Waals surface area contributed by atoms with Crippen LogP contribution >= 0.6 is 0 Å². The van der Waals surface area contributed by atoms with Crippen LogP contribution in [-0.4, -0.2) is 80.5 Å². The van der Waals surface area contributed by atoms with E-state index in [9.17, 15) is 8.42 Å². The summed E-state index contributed by atoms with van der Waals surface area (Å²) in [5.41, 5.74) is 0. The van der Waals surface area contributed by atoms with E-state index >= 15 is 0 Å². The van der Waals surface area contributed by atoms with E-state index in [-0.39, 0.29) is 23.5 Å². The van der Waals surface area contributed by atoms with Crippen molar-refractivity contribution in [2.24, 2.45) is 0 Å². The Morgan fingerprint density at radius 2 is 1.83 bits per heavy atom. The van der Waals surface area contributed by atoms with Gasteiger partial charge in [-0.15, -0.1) is 0 Å². The smallest absolute Gasteiger partial charge is 0.217 e. The molecule has 0 aromatic rings. The zero-order chi connectivity index (χ0) is 15.9. The van der Waals surface area contributed by atoms with Crippen LogP contribution in [-0.2, 0) is 19.5 Å². The Balaban J connectivity index is 1.33. The van der Waals surface area contributed by atoms with Gasteiger partial charge in [-0.2, -0.15) is 4.31 Å². The molecule has 2 saturated carbocycles. The van der Waals surface area contributed by atoms with Crippen LogP contribution in [0.5, 0.6) is 0 Å². The first-order chi connectivity index (χ1) is 11.2. The minimum absolute atomic E-state index is 0.00821. The molecule has 4 aliphatic rings. The van der Waals surface area contributed by atoms with E-state index in [1.165, 1.54) is 25.9 Å². The van der Waals surface area contributed by atoms with E-state index in [1.807, 2.05) is 0 Å². The van der Waals surface area contributed by atoms with Crippen molar-refractivity contribution in [3.63, 3.8) is 0 Å². The number of fused-ring (bicyclic) bond motifs is 1. The molecule has 0 N–H and O–H groups in total. The van der Waals surface area contributed by atoms with Gasteiger partial charge in [-0.1, -0.05) is 0 Å². The first-order valence-electron chi connectivity index (χ1n) is 9.12. The molecule has 4 fully saturated rings. The van der Waals surface area contributed by atoms with Gasteiger partial charge >= 0.3 is 0 Å². The number of nitrogens with zero attached hydrogens (tertiary/aromatic N) is 2. The number of likely N-dealkylation sites (tertiary alicyclic amines) is 1. The van der Waals surface area contributed by atoms with Crippen molar-refractivity contribution in [3.05, 3.63) is 0 Å². The molecule has 0 aromatic carbocycles. The van der Waals surface area contributed by atoms with Gasteiger partial charge in [0, 0.05) is 13.1 Å². The Hall–Kier alpha value is -0.210. The lowest BCUT2D eigenvalue weighted by Gasteiger charge is -2.38. The second-order valence-corrected chi connectivity index (χ2v) is 9.46. The van der Waals surface area contributed by atoms with Gasteiger partial charge in [0.15, 0.2) is 0 Å². The molecule has 0 aromatic heterocycles. The van der Waals surface area contributed by atoms with Crippen LogP contribution < -0.4 is 0 Å². The fourth-order valence-electron chi connectivity index (χ4n) is 4.27. The summed E-state index contributed by atoms with van der Waals surface area (Å²) in [7, 11) is -3.11. The maximum atomic E-state index is 12.6. The zero-order valence-electron chi connectivity index (χ0n) is 13.7. The first-order valence-corrected chi connectivity index (χ1v) is 10.6. The van der Waals surface area contributed by atoms with Crippen molar-refractivity contribution in [1.82, 2.24) is 9.21 Å². The Morgan fingerprint density at radius 3 is 2.57 bits per heavy atom. The highest BCUT2D eigenvalue weighted by Gasteiger charge is 2.50. The lowest BCUT2D eigenvalue weighted by atomic mass is 10.1. The highest BCUT2D eigenvalue weighted by molar-refractivity contribution is 7.90. The van der Waals surface area contributed by atoms with E-state index in [0.717, 1.165) is 38.8 Å². The molecule has 2 heterocycles. The van der Waals surface area contributed by atoms with Crippen molar-refractivity contribution in [3.8, 4) is 0 Å². The molecule has 0 spiro atoms. The van der Waals surface area contributed by atoms with Gasteiger partial charge < -0.3 is 14.4 Å². The summed E-state index contributed by atoms with van der Waals surface area (Å²) in [6.07, 6.45) is 6.00. The van der Waals surface area contributed by atoms with Crippen molar-refractivity contribution < 1.29 is 17.9 Å². The Morgan fingerprint density at radius 1 is 1.04 bits per heavy atom. The molecule has 0 bridgehead atoms. The second-order valence-electron chi connectivity index (χ2n) is 7.29.